The molecule has 1 aromatic rings. The molecule has 0 amide bonds. The van der Waals surface area contributed by atoms with Crippen LogP contribution in [0.25, 0.3) is 0 Å². The van der Waals surface area contributed by atoms with Gasteiger partial charge in [0.1, 0.15) is 4.90 Å². The van der Waals surface area contributed by atoms with E-state index in [9.17, 15) is 8.42 Å². The van der Waals surface area contributed by atoms with Crippen LogP contribution in [0.2, 0.25) is 0 Å². The van der Waals surface area contributed by atoms with E-state index in [1.807, 2.05) is 6.92 Å². The molecule has 0 atom stereocenters. The van der Waals surface area contributed by atoms with E-state index in [0.29, 0.717) is 10.5 Å². The molecule has 1 aromatic carbocycles. The number of aryl methyl sites for hydroxylation is 1. The Morgan fingerprint density at radius 3 is 2.53 bits per heavy atom. The second kappa shape index (κ2) is 6.27. The van der Waals surface area contributed by atoms with Gasteiger partial charge in [0.15, 0.2) is 0 Å². The second-order valence-electron chi connectivity index (χ2n) is 2.81. The van der Waals surface area contributed by atoms with Crippen molar-refractivity contribution in [3.63, 3.8) is 0 Å². The van der Waals surface area contributed by atoms with Gasteiger partial charge in [0.05, 0.1) is 0 Å². The van der Waals surface area contributed by atoms with E-state index in [4.69, 9.17) is 4.55 Å². The largest absolute Gasteiger partial charge is 1.00 e. The summed E-state index contributed by atoms with van der Waals surface area (Å²) in [4.78, 5) is 0.641. The van der Waals surface area contributed by atoms with Crippen LogP contribution in [0.4, 0.5) is 0 Å². The first-order valence-electron chi connectivity index (χ1n) is 4.16. The first-order valence-corrected chi connectivity index (χ1v) is 6.59. The fourth-order valence-electron chi connectivity index (χ4n) is 1.23. The van der Waals surface area contributed by atoms with Crippen molar-refractivity contribution >= 4 is 21.9 Å². The van der Waals surface area contributed by atoms with Gasteiger partial charge in [-0.05, 0) is 24.3 Å². The van der Waals surface area contributed by atoms with E-state index in [1.165, 1.54) is 11.8 Å². The third kappa shape index (κ3) is 4.09. The Kier molecular flexibility index (Phi) is 6.47. The molecule has 0 bridgehead atoms. The molecule has 15 heavy (non-hydrogen) atoms. The minimum Gasteiger partial charge on any atom is -1.00 e. The second-order valence-corrected chi connectivity index (χ2v) is 5.47. The van der Waals surface area contributed by atoms with Gasteiger partial charge in [-0.2, -0.15) is 8.42 Å². The Labute approximate surface area is 118 Å². The van der Waals surface area contributed by atoms with Crippen LogP contribution in [-0.4, -0.2) is 18.7 Å². The maximum absolute atomic E-state index is 11.1. The van der Waals surface area contributed by atoms with Gasteiger partial charge in [0.25, 0.3) is 10.1 Å². The molecule has 80 valence electrons. The summed E-state index contributed by atoms with van der Waals surface area (Å²) in [5.74, 6) is 0.770. The van der Waals surface area contributed by atoms with Crippen LogP contribution in [-0.2, 0) is 10.1 Å². The predicted octanol–water partition coefficient (Wildman–Crippen LogP) is -0.530. The van der Waals surface area contributed by atoms with Crippen LogP contribution in [0, 0.1) is 6.92 Å². The number of benzene rings is 1. The molecule has 0 aliphatic rings. The molecule has 0 heterocycles. The molecular weight excluding hydrogens is 243 g/mol. The minimum absolute atomic E-state index is 0. The standard InChI is InChI=1S/C9H12O3S2.Na.H/c1-3-13-8-6-4-5-7(2)9(8)14(10,11)12;;/h4-6H,3H2,1-2H3,(H,10,11,12);;/q;+1;-1. The first kappa shape index (κ1) is 15.5. The monoisotopic (exact) mass is 256 g/mol. The third-order valence-electron chi connectivity index (χ3n) is 1.73. The number of thioether (sulfide) groups is 1. The number of hydrogen-bond acceptors (Lipinski definition) is 3. The quantitative estimate of drug-likeness (QED) is 0.449. The van der Waals surface area contributed by atoms with Crippen molar-refractivity contribution in [3.8, 4) is 0 Å². The summed E-state index contributed by atoms with van der Waals surface area (Å²) in [7, 11) is -4.11. The topological polar surface area (TPSA) is 54.4 Å². The zero-order chi connectivity index (χ0) is 10.8. The molecule has 3 nitrogen and oxygen atoms in total. The molecule has 0 aliphatic carbocycles. The van der Waals surface area contributed by atoms with E-state index in [2.05, 4.69) is 0 Å². The van der Waals surface area contributed by atoms with Gasteiger partial charge in [0.2, 0.25) is 0 Å². The maximum atomic E-state index is 11.1. The van der Waals surface area contributed by atoms with Gasteiger partial charge < -0.3 is 1.43 Å². The SMILES string of the molecule is CCSc1cccc(C)c1S(=O)(=O)O.[H-].[Na+]. The smallest absolute Gasteiger partial charge is 1.00 e. The summed E-state index contributed by atoms with van der Waals surface area (Å²) in [5.41, 5.74) is 0.575. The van der Waals surface area contributed by atoms with E-state index >= 15 is 0 Å². The van der Waals surface area contributed by atoms with Crippen molar-refractivity contribution in [2.45, 2.75) is 23.6 Å². The van der Waals surface area contributed by atoms with Crippen molar-refractivity contribution in [3.05, 3.63) is 23.8 Å². The van der Waals surface area contributed by atoms with E-state index in [0.717, 1.165) is 5.75 Å². The predicted molar refractivity (Wildman–Crippen MR) is 58.5 cm³/mol. The Balaban J connectivity index is 0. The first-order chi connectivity index (χ1) is 6.46. The fourth-order valence-corrected chi connectivity index (χ4v) is 3.29. The van der Waals surface area contributed by atoms with Crippen LogP contribution in [0.5, 0.6) is 0 Å². The van der Waals surface area contributed by atoms with Crippen molar-refractivity contribution in [1.29, 1.82) is 0 Å². The number of rotatable bonds is 3. The van der Waals surface area contributed by atoms with Gasteiger partial charge in [-0.1, -0.05) is 19.1 Å². The van der Waals surface area contributed by atoms with Crippen LogP contribution < -0.4 is 29.6 Å². The van der Waals surface area contributed by atoms with Crippen LogP contribution >= 0.6 is 11.8 Å². The molecule has 0 saturated carbocycles. The summed E-state index contributed by atoms with van der Waals surface area (Å²) >= 11 is 1.40. The summed E-state index contributed by atoms with van der Waals surface area (Å²) in [6.45, 7) is 3.60. The molecule has 0 unspecified atom stereocenters. The molecule has 0 fully saturated rings. The normalized spacial score (nSPS) is 10.9. The van der Waals surface area contributed by atoms with Gasteiger partial charge >= 0.3 is 29.6 Å². The van der Waals surface area contributed by atoms with Gasteiger partial charge in [-0.3, -0.25) is 4.55 Å². The molecule has 6 heteroatoms. The molecule has 0 radical (unpaired) electrons. The van der Waals surface area contributed by atoms with E-state index < -0.39 is 10.1 Å². The molecule has 1 rings (SSSR count). The average Bonchev–Trinajstić information content (AvgIpc) is 2.02. The van der Waals surface area contributed by atoms with Gasteiger partial charge in [-0.25, -0.2) is 0 Å². The summed E-state index contributed by atoms with van der Waals surface area (Å²) in [6, 6.07) is 5.15. The zero-order valence-corrected chi connectivity index (χ0v) is 12.7. The van der Waals surface area contributed by atoms with Gasteiger partial charge in [0, 0.05) is 4.90 Å². The Bertz CT molecular complexity index is 434. The molecule has 0 spiro atoms. The fraction of sp³-hybridized carbons (Fsp3) is 0.333. The molecule has 0 aromatic heterocycles. The molecular formula is C9H13NaO3S2. The van der Waals surface area contributed by atoms with Crippen molar-refractivity contribution in [2.75, 3.05) is 5.75 Å². The number of hydrogen-bond donors (Lipinski definition) is 1. The van der Waals surface area contributed by atoms with Crippen molar-refractivity contribution in [2.24, 2.45) is 0 Å². The summed E-state index contributed by atoms with van der Waals surface area (Å²) in [6.07, 6.45) is 0. The zero-order valence-electron chi connectivity index (χ0n) is 10.0. The Morgan fingerprint density at radius 1 is 1.47 bits per heavy atom. The van der Waals surface area contributed by atoms with Gasteiger partial charge in [-0.15, -0.1) is 11.8 Å². The maximum Gasteiger partial charge on any atom is 1.00 e. The van der Waals surface area contributed by atoms with Crippen molar-refractivity contribution < 1.29 is 44.0 Å². The summed E-state index contributed by atoms with van der Waals surface area (Å²) < 4.78 is 31.2. The summed E-state index contributed by atoms with van der Waals surface area (Å²) in [5, 5.41) is 0. The van der Waals surface area contributed by atoms with Crippen molar-refractivity contribution in [1.82, 2.24) is 0 Å². The van der Waals surface area contributed by atoms with E-state index in [1.54, 1.807) is 25.1 Å². The minimum atomic E-state index is -4.11. The Morgan fingerprint density at radius 2 is 2.07 bits per heavy atom. The third-order valence-corrected chi connectivity index (χ3v) is 3.86. The van der Waals surface area contributed by atoms with Crippen LogP contribution in [0.15, 0.2) is 28.0 Å². The van der Waals surface area contributed by atoms with Crippen LogP contribution in [0.3, 0.4) is 0 Å². The Hall–Kier alpha value is 0.480. The molecule has 0 aliphatic heterocycles. The van der Waals surface area contributed by atoms with Crippen LogP contribution in [0.1, 0.15) is 13.9 Å². The van der Waals surface area contributed by atoms with E-state index in [-0.39, 0.29) is 35.9 Å². The average molecular weight is 256 g/mol. The molecule has 1 N–H and O–H groups in total. The molecule has 0 saturated heterocycles.